The standard InChI is InChI=1S/C24H26FN5O3/c1-32-16-20-22(17-3-5-18(25)6-4-17)23-26-15-19-21(30(23)27-20)7-10-29(24(19)31)9-2-8-28-11-13-33-14-12-28/h3-7,10,15H,2,8-9,11-14,16H2,1H3. The molecule has 0 N–H and O–H groups in total. The SMILES string of the molecule is COCc1nn2c(ncc3c(=O)n(CCCN4CCOCC4)ccc32)c1-c1ccc(F)cc1. The van der Waals surface area contributed by atoms with Crippen molar-refractivity contribution in [3.63, 3.8) is 0 Å². The molecule has 3 aromatic heterocycles. The molecule has 9 heteroatoms. The summed E-state index contributed by atoms with van der Waals surface area (Å²) in [6.45, 7) is 5.27. The lowest BCUT2D eigenvalue weighted by atomic mass is 10.1. The summed E-state index contributed by atoms with van der Waals surface area (Å²) in [5, 5.41) is 5.20. The zero-order chi connectivity index (χ0) is 22.8. The summed E-state index contributed by atoms with van der Waals surface area (Å²) < 4.78 is 27.6. The smallest absolute Gasteiger partial charge is 0.261 e. The molecule has 8 nitrogen and oxygen atoms in total. The highest BCUT2D eigenvalue weighted by Gasteiger charge is 2.19. The van der Waals surface area contributed by atoms with Crippen LogP contribution in [0.15, 0.2) is 47.5 Å². The highest BCUT2D eigenvalue weighted by molar-refractivity contribution is 5.86. The van der Waals surface area contributed by atoms with Gasteiger partial charge < -0.3 is 14.0 Å². The lowest BCUT2D eigenvalue weighted by molar-refractivity contribution is 0.0369. The molecule has 1 fully saturated rings. The number of aryl methyl sites for hydroxylation is 1. The summed E-state index contributed by atoms with van der Waals surface area (Å²) >= 11 is 0. The van der Waals surface area contributed by atoms with Crippen molar-refractivity contribution in [3.05, 3.63) is 64.6 Å². The zero-order valence-electron chi connectivity index (χ0n) is 18.5. The van der Waals surface area contributed by atoms with Gasteiger partial charge in [-0.25, -0.2) is 13.9 Å². The van der Waals surface area contributed by atoms with E-state index in [2.05, 4.69) is 9.88 Å². The van der Waals surface area contributed by atoms with Crippen LogP contribution in [-0.2, 0) is 22.6 Å². The molecule has 0 atom stereocenters. The third-order valence-electron chi connectivity index (χ3n) is 6.05. The van der Waals surface area contributed by atoms with Crippen LogP contribution in [0.25, 0.3) is 27.7 Å². The molecule has 1 saturated heterocycles. The molecule has 33 heavy (non-hydrogen) atoms. The van der Waals surface area contributed by atoms with Gasteiger partial charge in [0.25, 0.3) is 5.56 Å². The van der Waals surface area contributed by atoms with Crippen molar-refractivity contribution in [2.75, 3.05) is 40.0 Å². The van der Waals surface area contributed by atoms with E-state index in [-0.39, 0.29) is 18.0 Å². The predicted molar refractivity (Wildman–Crippen MR) is 123 cm³/mol. The highest BCUT2D eigenvalue weighted by Crippen LogP contribution is 2.29. The van der Waals surface area contributed by atoms with Crippen LogP contribution in [-0.4, -0.2) is 64.0 Å². The van der Waals surface area contributed by atoms with Crippen molar-refractivity contribution in [1.29, 1.82) is 0 Å². The summed E-state index contributed by atoms with van der Waals surface area (Å²) in [5.74, 6) is -0.309. The van der Waals surface area contributed by atoms with E-state index < -0.39 is 0 Å². The minimum atomic E-state index is -0.309. The Morgan fingerprint density at radius 2 is 1.91 bits per heavy atom. The second-order valence-corrected chi connectivity index (χ2v) is 8.18. The first-order chi connectivity index (χ1) is 16.2. The molecule has 1 aliphatic heterocycles. The van der Waals surface area contributed by atoms with E-state index in [9.17, 15) is 9.18 Å². The minimum absolute atomic E-state index is 0.0870. The Balaban J connectivity index is 1.50. The van der Waals surface area contributed by atoms with E-state index in [1.807, 2.05) is 12.3 Å². The Kier molecular flexibility index (Phi) is 6.17. The van der Waals surface area contributed by atoms with Gasteiger partial charge in [0.05, 0.1) is 42.0 Å². The van der Waals surface area contributed by atoms with E-state index in [0.29, 0.717) is 28.8 Å². The molecular formula is C24H26FN5O3. The average Bonchev–Trinajstić information content (AvgIpc) is 3.20. The highest BCUT2D eigenvalue weighted by atomic mass is 19.1. The number of aromatic nitrogens is 4. The fraction of sp³-hybridized carbons (Fsp3) is 0.375. The molecule has 0 radical (unpaired) electrons. The maximum Gasteiger partial charge on any atom is 0.261 e. The van der Waals surface area contributed by atoms with Crippen LogP contribution < -0.4 is 5.56 Å². The number of pyridine rings is 1. The number of rotatable bonds is 7. The first-order valence-electron chi connectivity index (χ1n) is 11.1. The van der Waals surface area contributed by atoms with Gasteiger partial charge in [-0.15, -0.1) is 0 Å². The number of morpholine rings is 1. The topological polar surface area (TPSA) is 73.9 Å². The lowest BCUT2D eigenvalue weighted by Crippen LogP contribution is -2.37. The Hall–Kier alpha value is -3.14. The number of benzene rings is 1. The van der Waals surface area contributed by atoms with Crippen LogP contribution >= 0.6 is 0 Å². The van der Waals surface area contributed by atoms with Crippen LogP contribution in [0.3, 0.4) is 0 Å². The van der Waals surface area contributed by atoms with Gasteiger partial charge in [-0.1, -0.05) is 12.1 Å². The zero-order valence-corrected chi connectivity index (χ0v) is 18.5. The number of halogens is 1. The molecule has 0 bridgehead atoms. The van der Waals surface area contributed by atoms with Crippen LogP contribution in [0, 0.1) is 5.82 Å². The summed E-state index contributed by atoms with van der Waals surface area (Å²) in [6, 6.07) is 8.11. The van der Waals surface area contributed by atoms with Crippen molar-refractivity contribution < 1.29 is 13.9 Å². The van der Waals surface area contributed by atoms with Crippen molar-refractivity contribution in [1.82, 2.24) is 24.1 Å². The molecule has 1 aliphatic rings. The van der Waals surface area contributed by atoms with E-state index in [0.717, 1.165) is 50.4 Å². The van der Waals surface area contributed by atoms with Gasteiger partial charge >= 0.3 is 0 Å². The molecule has 1 aromatic carbocycles. The largest absolute Gasteiger partial charge is 0.379 e. The monoisotopic (exact) mass is 451 g/mol. The number of methoxy groups -OCH3 is 1. The molecule has 0 aliphatic carbocycles. The van der Waals surface area contributed by atoms with Gasteiger partial charge in [0.1, 0.15) is 5.82 Å². The summed E-state index contributed by atoms with van der Waals surface area (Å²) in [7, 11) is 1.60. The molecule has 0 saturated carbocycles. The molecule has 0 unspecified atom stereocenters. The van der Waals surface area contributed by atoms with Gasteiger partial charge in [0.2, 0.25) is 0 Å². The third-order valence-corrected chi connectivity index (χ3v) is 6.05. The van der Waals surface area contributed by atoms with Gasteiger partial charge in [-0.05, 0) is 30.2 Å². The normalized spacial score (nSPS) is 15.0. The van der Waals surface area contributed by atoms with Crippen LogP contribution in [0.2, 0.25) is 0 Å². The fourth-order valence-electron chi connectivity index (χ4n) is 4.37. The average molecular weight is 452 g/mol. The molecule has 4 heterocycles. The van der Waals surface area contributed by atoms with Gasteiger partial charge in [-0.2, -0.15) is 5.10 Å². The van der Waals surface area contributed by atoms with E-state index >= 15 is 0 Å². The summed E-state index contributed by atoms with van der Waals surface area (Å²) in [5.41, 5.74) is 3.44. The predicted octanol–water partition coefficient (Wildman–Crippen LogP) is 2.72. The third kappa shape index (κ3) is 4.27. The Morgan fingerprint density at radius 3 is 2.67 bits per heavy atom. The quantitative estimate of drug-likeness (QED) is 0.430. The number of hydrogen-bond acceptors (Lipinski definition) is 6. The van der Waals surface area contributed by atoms with Crippen molar-refractivity contribution in [2.45, 2.75) is 19.6 Å². The van der Waals surface area contributed by atoms with Gasteiger partial charge in [0, 0.05) is 45.7 Å². The van der Waals surface area contributed by atoms with Crippen molar-refractivity contribution in [2.24, 2.45) is 0 Å². The number of hydrogen-bond donors (Lipinski definition) is 0. The van der Waals surface area contributed by atoms with Gasteiger partial charge in [-0.3, -0.25) is 9.69 Å². The van der Waals surface area contributed by atoms with Crippen LogP contribution in [0.1, 0.15) is 12.1 Å². The summed E-state index contributed by atoms with van der Waals surface area (Å²) in [4.78, 5) is 20.1. The molecule has 5 rings (SSSR count). The Bertz CT molecular complexity index is 1330. The maximum absolute atomic E-state index is 13.5. The number of ether oxygens (including phenoxy) is 2. The number of nitrogens with zero attached hydrogens (tertiary/aromatic N) is 5. The first-order valence-corrected chi connectivity index (χ1v) is 11.1. The molecule has 0 spiro atoms. The molecule has 4 aromatic rings. The first kappa shape index (κ1) is 21.7. The molecule has 0 amide bonds. The summed E-state index contributed by atoms with van der Waals surface area (Å²) in [6.07, 6.45) is 4.31. The second-order valence-electron chi connectivity index (χ2n) is 8.18. The lowest BCUT2D eigenvalue weighted by Gasteiger charge is -2.26. The van der Waals surface area contributed by atoms with E-state index in [1.165, 1.54) is 12.1 Å². The molecule has 172 valence electrons. The van der Waals surface area contributed by atoms with E-state index in [1.54, 1.807) is 34.5 Å². The Morgan fingerprint density at radius 1 is 1.12 bits per heavy atom. The second kappa shape index (κ2) is 9.38. The van der Waals surface area contributed by atoms with Crippen molar-refractivity contribution >= 4 is 16.6 Å². The van der Waals surface area contributed by atoms with Gasteiger partial charge in [0.15, 0.2) is 5.65 Å². The Labute approximate surface area is 190 Å². The fourth-order valence-corrected chi connectivity index (χ4v) is 4.37. The van der Waals surface area contributed by atoms with Crippen molar-refractivity contribution in [3.8, 4) is 11.1 Å². The van der Waals surface area contributed by atoms with Crippen LogP contribution in [0.5, 0.6) is 0 Å². The minimum Gasteiger partial charge on any atom is -0.379 e. The van der Waals surface area contributed by atoms with Crippen LogP contribution in [0.4, 0.5) is 4.39 Å². The molecular weight excluding hydrogens is 425 g/mol. The number of fused-ring (bicyclic) bond motifs is 3. The maximum atomic E-state index is 13.5. The van der Waals surface area contributed by atoms with E-state index in [4.69, 9.17) is 14.6 Å².